The average molecular weight is 297 g/mol. The van der Waals surface area contributed by atoms with E-state index in [9.17, 15) is 0 Å². The number of hydrogen-bond acceptors (Lipinski definition) is 5. The fourth-order valence-electron chi connectivity index (χ4n) is 2.84. The minimum atomic E-state index is 0.861. The van der Waals surface area contributed by atoms with Gasteiger partial charge in [0.1, 0.15) is 0 Å². The first-order chi connectivity index (χ1) is 10.9. The highest BCUT2D eigenvalue weighted by Crippen LogP contribution is 2.11. The summed E-state index contributed by atoms with van der Waals surface area (Å²) in [6, 6.07) is 6.08. The van der Waals surface area contributed by atoms with Gasteiger partial charge in [-0.25, -0.2) is 9.97 Å². The smallest absolute Gasteiger partial charge is 0.225 e. The van der Waals surface area contributed by atoms with Crippen molar-refractivity contribution in [3.8, 4) is 0 Å². The predicted octanol–water partition coefficient (Wildman–Crippen LogP) is 2.02. The molecule has 0 aliphatic carbocycles. The Labute approximate surface area is 132 Å². The maximum Gasteiger partial charge on any atom is 0.225 e. The van der Waals surface area contributed by atoms with Crippen molar-refractivity contribution in [2.24, 2.45) is 0 Å². The maximum absolute atomic E-state index is 4.33. The molecule has 0 spiro atoms. The third-order valence-electron chi connectivity index (χ3n) is 4.15. The number of piperazine rings is 1. The van der Waals surface area contributed by atoms with Crippen LogP contribution >= 0.6 is 0 Å². The second kappa shape index (κ2) is 7.84. The van der Waals surface area contributed by atoms with Crippen molar-refractivity contribution in [3.05, 3.63) is 48.5 Å². The van der Waals surface area contributed by atoms with Crippen LogP contribution in [-0.2, 0) is 6.42 Å². The lowest BCUT2D eigenvalue weighted by molar-refractivity contribution is 0.252. The Hall–Kier alpha value is -2.01. The fourth-order valence-corrected chi connectivity index (χ4v) is 2.84. The van der Waals surface area contributed by atoms with Crippen molar-refractivity contribution >= 4 is 5.95 Å². The van der Waals surface area contributed by atoms with Crippen LogP contribution < -0.4 is 4.90 Å². The van der Waals surface area contributed by atoms with E-state index in [2.05, 4.69) is 36.9 Å². The Morgan fingerprint density at radius 2 is 1.59 bits per heavy atom. The van der Waals surface area contributed by atoms with E-state index in [0.29, 0.717) is 0 Å². The number of nitrogens with zero attached hydrogens (tertiary/aromatic N) is 5. The minimum absolute atomic E-state index is 0.861. The van der Waals surface area contributed by atoms with Gasteiger partial charge in [0.05, 0.1) is 0 Å². The lowest BCUT2D eigenvalue weighted by Crippen LogP contribution is -2.47. The number of anilines is 1. The number of pyridine rings is 1. The molecule has 5 nitrogen and oxygen atoms in total. The SMILES string of the molecule is c1cnc(N2CCN(CCCCc3ccncc3)CC2)nc1. The quantitative estimate of drug-likeness (QED) is 0.763. The van der Waals surface area contributed by atoms with Gasteiger partial charge in [-0.05, 0) is 49.6 Å². The van der Waals surface area contributed by atoms with Crippen molar-refractivity contribution in [2.45, 2.75) is 19.3 Å². The maximum atomic E-state index is 4.33. The molecule has 2 aromatic rings. The second-order valence-electron chi connectivity index (χ2n) is 5.69. The summed E-state index contributed by atoms with van der Waals surface area (Å²) in [4.78, 5) is 17.5. The minimum Gasteiger partial charge on any atom is -0.338 e. The van der Waals surface area contributed by atoms with Gasteiger partial charge in [-0.2, -0.15) is 0 Å². The summed E-state index contributed by atoms with van der Waals surface area (Å²) in [6.45, 7) is 5.44. The normalized spacial score (nSPS) is 15.9. The van der Waals surface area contributed by atoms with Crippen LogP contribution in [0.15, 0.2) is 43.0 Å². The molecular weight excluding hydrogens is 274 g/mol. The van der Waals surface area contributed by atoms with Crippen molar-refractivity contribution in [3.63, 3.8) is 0 Å². The zero-order valence-electron chi connectivity index (χ0n) is 12.9. The van der Waals surface area contributed by atoms with Gasteiger partial charge < -0.3 is 4.90 Å². The molecule has 0 unspecified atom stereocenters. The fraction of sp³-hybridized carbons (Fsp3) is 0.471. The molecule has 0 aromatic carbocycles. The summed E-state index contributed by atoms with van der Waals surface area (Å²) in [5.41, 5.74) is 1.39. The van der Waals surface area contributed by atoms with E-state index in [4.69, 9.17) is 0 Å². The van der Waals surface area contributed by atoms with Gasteiger partial charge in [-0.15, -0.1) is 0 Å². The molecule has 2 aromatic heterocycles. The molecule has 0 radical (unpaired) electrons. The number of aryl methyl sites for hydroxylation is 1. The number of unbranched alkanes of at least 4 members (excludes halogenated alkanes) is 1. The molecule has 0 bridgehead atoms. The molecule has 22 heavy (non-hydrogen) atoms. The molecule has 3 rings (SSSR count). The Kier molecular flexibility index (Phi) is 5.32. The molecule has 0 amide bonds. The van der Waals surface area contributed by atoms with Gasteiger partial charge in [0.2, 0.25) is 5.95 Å². The van der Waals surface area contributed by atoms with Crippen molar-refractivity contribution in [1.29, 1.82) is 0 Å². The molecule has 3 heterocycles. The number of rotatable bonds is 6. The Morgan fingerprint density at radius 1 is 0.864 bits per heavy atom. The Balaban J connectivity index is 1.34. The third kappa shape index (κ3) is 4.24. The standard InChI is InChI=1S/C17H23N5/c1(4-16-5-9-18-10-6-16)2-11-21-12-14-22(15-13-21)17-19-7-3-8-20-17/h3,5-10H,1-2,4,11-15H2. The van der Waals surface area contributed by atoms with Crippen LogP contribution in [-0.4, -0.2) is 52.6 Å². The third-order valence-corrected chi connectivity index (χ3v) is 4.15. The monoisotopic (exact) mass is 297 g/mol. The van der Waals surface area contributed by atoms with Crippen LogP contribution in [0, 0.1) is 0 Å². The topological polar surface area (TPSA) is 45.2 Å². The van der Waals surface area contributed by atoms with Crippen LogP contribution in [0.3, 0.4) is 0 Å². The molecule has 1 saturated heterocycles. The van der Waals surface area contributed by atoms with Crippen LogP contribution in [0.2, 0.25) is 0 Å². The first-order valence-electron chi connectivity index (χ1n) is 8.05. The Bertz CT molecular complexity index is 537. The van der Waals surface area contributed by atoms with E-state index in [0.717, 1.165) is 38.5 Å². The van der Waals surface area contributed by atoms with E-state index in [-0.39, 0.29) is 0 Å². The molecule has 1 aliphatic heterocycles. The van der Waals surface area contributed by atoms with E-state index in [1.165, 1.54) is 24.9 Å². The number of hydrogen-bond donors (Lipinski definition) is 0. The van der Waals surface area contributed by atoms with Crippen molar-refractivity contribution in [1.82, 2.24) is 19.9 Å². The van der Waals surface area contributed by atoms with E-state index < -0.39 is 0 Å². The van der Waals surface area contributed by atoms with Crippen LogP contribution in [0.4, 0.5) is 5.95 Å². The summed E-state index contributed by atoms with van der Waals surface area (Å²) < 4.78 is 0. The summed E-state index contributed by atoms with van der Waals surface area (Å²) >= 11 is 0. The molecule has 1 fully saturated rings. The van der Waals surface area contributed by atoms with Gasteiger partial charge in [0.15, 0.2) is 0 Å². The van der Waals surface area contributed by atoms with Gasteiger partial charge in [-0.3, -0.25) is 9.88 Å². The van der Waals surface area contributed by atoms with Crippen LogP contribution in [0.25, 0.3) is 0 Å². The first kappa shape index (κ1) is 14.9. The van der Waals surface area contributed by atoms with Crippen molar-refractivity contribution < 1.29 is 0 Å². The highest BCUT2D eigenvalue weighted by molar-refractivity contribution is 5.29. The Morgan fingerprint density at radius 3 is 2.32 bits per heavy atom. The molecule has 5 heteroatoms. The van der Waals surface area contributed by atoms with Crippen LogP contribution in [0.5, 0.6) is 0 Å². The van der Waals surface area contributed by atoms with Gasteiger partial charge in [-0.1, -0.05) is 0 Å². The second-order valence-corrected chi connectivity index (χ2v) is 5.69. The summed E-state index contributed by atoms with van der Waals surface area (Å²) in [5.74, 6) is 0.861. The summed E-state index contributed by atoms with van der Waals surface area (Å²) in [6.07, 6.45) is 11.0. The highest BCUT2D eigenvalue weighted by atomic mass is 15.3. The van der Waals surface area contributed by atoms with Gasteiger partial charge in [0, 0.05) is 51.0 Å². The molecular formula is C17H23N5. The lowest BCUT2D eigenvalue weighted by atomic mass is 10.1. The molecule has 0 N–H and O–H groups in total. The van der Waals surface area contributed by atoms with Crippen LogP contribution in [0.1, 0.15) is 18.4 Å². The van der Waals surface area contributed by atoms with E-state index >= 15 is 0 Å². The summed E-state index contributed by atoms with van der Waals surface area (Å²) in [7, 11) is 0. The van der Waals surface area contributed by atoms with E-state index in [1.807, 2.05) is 30.9 Å². The molecule has 116 valence electrons. The zero-order chi connectivity index (χ0) is 15.0. The number of aromatic nitrogens is 3. The first-order valence-corrected chi connectivity index (χ1v) is 8.05. The predicted molar refractivity (Wildman–Crippen MR) is 87.9 cm³/mol. The largest absolute Gasteiger partial charge is 0.338 e. The highest BCUT2D eigenvalue weighted by Gasteiger charge is 2.17. The average Bonchev–Trinajstić information content (AvgIpc) is 2.61. The molecule has 0 saturated carbocycles. The summed E-state index contributed by atoms with van der Waals surface area (Å²) in [5, 5.41) is 0. The van der Waals surface area contributed by atoms with E-state index in [1.54, 1.807) is 0 Å². The van der Waals surface area contributed by atoms with Crippen molar-refractivity contribution in [2.75, 3.05) is 37.6 Å². The zero-order valence-corrected chi connectivity index (χ0v) is 12.9. The molecule has 1 aliphatic rings. The van der Waals surface area contributed by atoms with Gasteiger partial charge in [0.25, 0.3) is 0 Å². The lowest BCUT2D eigenvalue weighted by Gasteiger charge is -2.34. The molecule has 0 atom stereocenters. The van der Waals surface area contributed by atoms with Gasteiger partial charge >= 0.3 is 0 Å².